The van der Waals surface area contributed by atoms with Gasteiger partial charge in [-0.05, 0) is 74.9 Å². The Bertz CT molecular complexity index is 854. The molecule has 1 aliphatic carbocycles. The molecule has 1 aromatic rings. The van der Waals surface area contributed by atoms with Crippen molar-refractivity contribution in [2.24, 2.45) is 5.41 Å². The Balaban J connectivity index is 1.23. The van der Waals surface area contributed by atoms with Crippen LogP contribution in [0.5, 0.6) is 0 Å². The average molecular weight is 446 g/mol. The van der Waals surface area contributed by atoms with Crippen molar-refractivity contribution >= 4 is 29.5 Å². The third-order valence-electron chi connectivity index (χ3n) is 7.16. The molecule has 2 heterocycles. The standard InChI is InChI=1S/C24H32ClN3O3/c1-18-23(31)27(12-3-11-26-13-10-24(8-9-24)21(29)17-26)14-15-28(18)22(30)7-6-19-4-2-5-20(25)16-19/h2,4-7,16,18,21,29H,3,8-15,17H2,1H3. The zero-order valence-electron chi connectivity index (χ0n) is 18.2. The van der Waals surface area contributed by atoms with Crippen LogP contribution in [0.1, 0.15) is 38.2 Å². The van der Waals surface area contributed by atoms with E-state index in [1.165, 1.54) is 18.9 Å². The van der Waals surface area contributed by atoms with E-state index in [9.17, 15) is 14.7 Å². The van der Waals surface area contributed by atoms with Gasteiger partial charge in [0.15, 0.2) is 0 Å². The van der Waals surface area contributed by atoms with Crippen LogP contribution in [0.15, 0.2) is 30.3 Å². The Morgan fingerprint density at radius 2 is 2.03 bits per heavy atom. The van der Waals surface area contributed by atoms with E-state index >= 15 is 0 Å². The van der Waals surface area contributed by atoms with Crippen LogP contribution in [-0.4, -0.2) is 83.0 Å². The molecule has 4 rings (SSSR count). The second kappa shape index (κ2) is 9.31. The molecule has 3 aliphatic rings. The highest BCUT2D eigenvalue weighted by Crippen LogP contribution is 2.53. The van der Waals surface area contributed by atoms with E-state index in [0.717, 1.165) is 38.0 Å². The summed E-state index contributed by atoms with van der Waals surface area (Å²) in [4.78, 5) is 31.3. The number of hydrogen-bond acceptors (Lipinski definition) is 4. The molecule has 168 valence electrons. The Labute approximate surface area is 189 Å². The van der Waals surface area contributed by atoms with Crippen molar-refractivity contribution in [3.63, 3.8) is 0 Å². The topological polar surface area (TPSA) is 64.1 Å². The van der Waals surface area contributed by atoms with Crippen LogP contribution in [0.25, 0.3) is 6.08 Å². The van der Waals surface area contributed by atoms with Crippen LogP contribution < -0.4 is 0 Å². The summed E-state index contributed by atoms with van der Waals surface area (Å²) < 4.78 is 0. The average Bonchev–Trinajstić information content (AvgIpc) is 3.53. The van der Waals surface area contributed by atoms with E-state index < -0.39 is 6.04 Å². The van der Waals surface area contributed by atoms with Crippen LogP contribution >= 0.6 is 11.6 Å². The van der Waals surface area contributed by atoms with Gasteiger partial charge in [-0.3, -0.25) is 9.59 Å². The molecule has 2 unspecified atom stereocenters. The monoisotopic (exact) mass is 445 g/mol. The summed E-state index contributed by atoms with van der Waals surface area (Å²) >= 11 is 5.99. The fourth-order valence-electron chi connectivity index (χ4n) is 4.84. The van der Waals surface area contributed by atoms with E-state index in [1.54, 1.807) is 30.0 Å². The van der Waals surface area contributed by atoms with Crippen molar-refractivity contribution in [1.82, 2.24) is 14.7 Å². The molecule has 0 radical (unpaired) electrons. The highest BCUT2D eigenvalue weighted by Gasteiger charge is 2.51. The molecule has 1 spiro atoms. The first-order chi connectivity index (χ1) is 14.9. The first-order valence-corrected chi connectivity index (χ1v) is 11.7. The minimum Gasteiger partial charge on any atom is -0.391 e. The van der Waals surface area contributed by atoms with Gasteiger partial charge in [-0.1, -0.05) is 23.7 Å². The van der Waals surface area contributed by atoms with E-state index in [-0.39, 0.29) is 23.3 Å². The summed E-state index contributed by atoms with van der Waals surface area (Å²) in [5, 5.41) is 11.0. The number of hydrogen-bond donors (Lipinski definition) is 1. The molecule has 2 amide bonds. The Hall–Kier alpha value is -1.89. The summed E-state index contributed by atoms with van der Waals surface area (Å²) in [6.07, 6.45) is 7.37. The van der Waals surface area contributed by atoms with Crippen molar-refractivity contribution in [1.29, 1.82) is 0 Å². The summed E-state index contributed by atoms with van der Waals surface area (Å²) in [5.74, 6) is -0.150. The highest BCUT2D eigenvalue weighted by atomic mass is 35.5. The normalized spacial score (nSPS) is 26.1. The van der Waals surface area contributed by atoms with Gasteiger partial charge in [-0.25, -0.2) is 0 Å². The predicted molar refractivity (Wildman–Crippen MR) is 122 cm³/mol. The number of aliphatic hydroxyl groups is 1. The number of piperidine rings is 1. The second-order valence-electron chi connectivity index (χ2n) is 9.20. The van der Waals surface area contributed by atoms with Crippen molar-refractivity contribution < 1.29 is 14.7 Å². The van der Waals surface area contributed by atoms with Crippen LogP contribution in [-0.2, 0) is 9.59 Å². The Morgan fingerprint density at radius 1 is 1.23 bits per heavy atom. The van der Waals surface area contributed by atoms with Gasteiger partial charge in [0.2, 0.25) is 11.8 Å². The van der Waals surface area contributed by atoms with Crippen molar-refractivity contribution in [3.05, 3.63) is 40.9 Å². The predicted octanol–water partition coefficient (Wildman–Crippen LogP) is 2.65. The smallest absolute Gasteiger partial charge is 0.247 e. The molecule has 1 aromatic carbocycles. The summed E-state index contributed by atoms with van der Waals surface area (Å²) in [6.45, 7) is 6.30. The van der Waals surface area contributed by atoms with Crippen molar-refractivity contribution in [2.75, 3.05) is 39.3 Å². The first-order valence-electron chi connectivity index (χ1n) is 11.3. The lowest BCUT2D eigenvalue weighted by atomic mass is 9.90. The maximum absolute atomic E-state index is 12.8. The molecule has 1 saturated carbocycles. The van der Waals surface area contributed by atoms with Gasteiger partial charge in [-0.15, -0.1) is 0 Å². The zero-order chi connectivity index (χ0) is 22.0. The number of β-amino-alcohol motifs (C(OH)–C–C–N with tert-alkyl or cyclic N) is 1. The van der Waals surface area contributed by atoms with Crippen LogP contribution in [0.3, 0.4) is 0 Å². The largest absolute Gasteiger partial charge is 0.391 e. The maximum atomic E-state index is 12.8. The highest BCUT2D eigenvalue weighted by molar-refractivity contribution is 6.30. The van der Waals surface area contributed by atoms with E-state index in [0.29, 0.717) is 24.7 Å². The zero-order valence-corrected chi connectivity index (χ0v) is 18.9. The van der Waals surface area contributed by atoms with Crippen LogP contribution in [0.2, 0.25) is 5.02 Å². The van der Waals surface area contributed by atoms with Gasteiger partial charge >= 0.3 is 0 Å². The number of aliphatic hydroxyl groups excluding tert-OH is 1. The van der Waals surface area contributed by atoms with Gasteiger partial charge < -0.3 is 19.8 Å². The number of piperazine rings is 1. The second-order valence-corrected chi connectivity index (χ2v) is 9.64. The first kappa shape index (κ1) is 22.3. The molecular weight excluding hydrogens is 414 g/mol. The molecule has 0 aromatic heterocycles. The molecule has 2 atom stereocenters. The van der Waals surface area contributed by atoms with Gasteiger partial charge in [0.05, 0.1) is 6.10 Å². The molecular formula is C24H32ClN3O3. The number of rotatable bonds is 6. The van der Waals surface area contributed by atoms with Crippen LogP contribution in [0.4, 0.5) is 0 Å². The van der Waals surface area contributed by atoms with Crippen LogP contribution in [0, 0.1) is 5.41 Å². The van der Waals surface area contributed by atoms with Gasteiger partial charge in [0.1, 0.15) is 6.04 Å². The number of nitrogens with zero attached hydrogens (tertiary/aromatic N) is 3. The number of carbonyl (C=O) groups excluding carboxylic acids is 2. The minimum absolute atomic E-state index is 0.00590. The maximum Gasteiger partial charge on any atom is 0.247 e. The molecule has 2 aliphatic heterocycles. The number of halogens is 1. The van der Waals surface area contributed by atoms with Crippen molar-refractivity contribution in [3.8, 4) is 0 Å². The molecule has 0 bridgehead atoms. The lowest BCUT2D eigenvalue weighted by molar-refractivity contribution is -0.148. The van der Waals surface area contributed by atoms with Gasteiger partial charge in [-0.2, -0.15) is 0 Å². The third kappa shape index (κ3) is 5.13. The van der Waals surface area contributed by atoms with Crippen molar-refractivity contribution in [2.45, 2.75) is 44.8 Å². The van der Waals surface area contributed by atoms with Gasteiger partial charge in [0, 0.05) is 37.3 Å². The van der Waals surface area contributed by atoms with E-state index in [4.69, 9.17) is 11.6 Å². The number of benzene rings is 1. The molecule has 6 nitrogen and oxygen atoms in total. The Kier molecular flexibility index (Phi) is 6.70. The van der Waals surface area contributed by atoms with E-state index in [1.807, 2.05) is 17.0 Å². The summed E-state index contributed by atoms with van der Waals surface area (Å²) in [7, 11) is 0. The summed E-state index contributed by atoms with van der Waals surface area (Å²) in [6, 6.07) is 6.85. The summed E-state index contributed by atoms with van der Waals surface area (Å²) in [5.41, 5.74) is 1.08. The SMILES string of the molecule is CC1C(=O)N(CCCN2CCC3(CC3)C(O)C2)CCN1C(=O)C=Cc1cccc(Cl)c1. The number of likely N-dealkylation sites (tertiary alicyclic amines) is 1. The molecule has 1 N–H and O–H groups in total. The van der Waals surface area contributed by atoms with E-state index in [2.05, 4.69) is 4.90 Å². The molecule has 7 heteroatoms. The quantitative estimate of drug-likeness (QED) is 0.684. The Morgan fingerprint density at radius 3 is 2.74 bits per heavy atom. The number of carbonyl (C=O) groups is 2. The molecule has 3 fully saturated rings. The molecule has 31 heavy (non-hydrogen) atoms. The fraction of sp³-hybridized carbons (Fsp3) is 0.583. The lowest BCUT2D eigenvalue weighted by Crippen LogP contribution is -2.57. The minimum atomic E-state index is -0.461. The lowest BCUT2D eigenvalue weighted by Gasteiger charge is -2.39. The number of amides is 2. The fourth-order valence-corrected chi connectivity index (χ4v) is 5.03. The van der Waals surface area contributed by atoms with Gasteiger partial charge in [0.25, 0.3) is 0 Å². The third-order valence-corrected chi connectivity index (χ3v) is 7.39. The molecule has 2 saturated heterocycles.